The van der Waals surface area contributed by atoms with E-state index in [-0.39, 0.29) is 11.7 Å². The Kier molecular flexibility index (Phi) is 3.87. The SMILES string of the molecule is CCCC(=O)Nc1ncc(-c2ccc(F)c3ccccc23)[nH]1. The van der Waals surface area contributed by atoms with E-state index in [1.165, 1.54) is 6.07 Å². The van der Waals surface area contributed by atoms with Crippen LogP contribution in [-0.4, -0.2) is 15.9 Å². The Morgan fingerprint density at radius 2 is 2.00 bits per heavy atom. The molecule has 2 aromatic carbocycles. The van der Waals surface area contributed by atoms with Crippen molar-refractivity contribution in [1.82, 2.24) is 9.97 Å². The first kappa shape index (κ1) is 14.3. The number of hydrogen-bond donors (Lipinski definition) is 2. The van der Waals surface area contributed by atoms with E-state index >= 15 is 0 Å². The van der Waals surface area contributed by atoms with Gasteiger partial charge < -0.3 is 4.98 Å². The number of fused-ring (bicyclic) bond motifs is 1. The lowest BCUT2D eigenvalue weighted by molar-refractivity contribution is -0.116. The molecule has 112 valence electrons. The lowest BCUT2D eigenvalue weighted by atomic mass is 10.0. The first-order chi connectivity index (χ1) is 10.7. The highest BCUT2D eigenvalue weighted by molar-refractivity contribution is 5.96. The Labute approximate surface area is 127 Å². The van der Waals surface area contributed by atoms with Crippen LogP contribution in [0.1, 0.15) is 19.8 Å². The molecule has 2 N–H and O–H groups in total. The summed E-state index contributed by atoms with van der Waals surface area (Å²) in [4.78, 5) is 18.8. The first-order valence-electron chi connectivity index (χ1n) is 7.21. The number of benzene rings is 2. The highest BCUT2D eigenvalue weighted by atomic mass is 19.1. The molecule has 1 aromatic heterocycles. The second kappa shape index (κ2) is 5.97. The van der Waals surface area contributed by atoms with Crippen LogP contribution in [0.5, 0.6) is 0 Å². The van der Waals surface area contributed by atoms with Crippen molar-refractivity contribution in [3.8, 4) is 11.3 Å². The number of imidazole rings is 1. The van der Waals surface area contributed by atoms with Crippen LogP contribution in [0.2, 0.25) is 0 Å². The number of aromatic amines is 1. The molecule has 1 heterocycles. The Hall–Kier alpha value is -2.69. The van der Waals surface area contributed by atoms with Crippen LogP contribution < -0.4 is 5.32 Å². The molecule has 0 saturated heterocycles. The second-order valence-corrected chi connectivity index (χ2v) is 5.08. The summed E-state index contributed by atoms with van der Waals surface area (Å²) < 4.78 is 13.9. The van der Waals surface area contributed by atoms with Gasteiger partial charge in [-0.1, -0.05) is 31.2 Å². The van der Waals surface area contributed by atoms with Gasteiger partial charge in [0.1, 0.15) is 5.82 Å². The summed E-state index contributed by atoms with van der Waals surface area (Å²) >= 11 is 0. The first-order valence-corrected chi connectivity index (χ1v) is 7.21. The third-order valence-corrected chi connectivity index (χ3v) is 3.47. The Balaban J connectivity index is 1.97. The van der Waals surface area contributed by atoms with Crippen molar-refractivity contribution in [3.05, 3.63) is 48.4 Å². The third-order valence-electron chi connectivity index (χ3n) is 3.47. The highest BCUT2D eigenvalue weighted by Gasteiger charge is 2.10. The van der Waals surface area contributed by atoms with Gasteiger partial charge in [0, 0.05) is 17.4 Å². The minimum Gasteiger partial charge on any atom is -0.324 e. The van der Waals surface area contributed by atoms with Crippen LogP contribution in [-0.2, 0) is 4.79 Å². The van der Waals surface area contributed by atoms with Crippen molar-refractivity contribution in [2.75, 3.05) is 5.32 Å². The molecular formula is C17H16FN3O. The maximum absolute atomic E-state index is 13.9. The topological polar surface area (TPSA) is 57.8 Å². The lowest BCUT2D eigenvalue weighted by Gasteiger charge is -2.05. The fourth-order valence-electron chi connectivity index (χ4n) is 2.44. The van der Waals surface area contributed by atoms with Crippen LogP contribution in [0.15, 0.2) is 42.6 Å². The number of carbonyl (C=O) groups excluding carboxylic acids is 1. The average Bonchev–Trinajstić information content (AvgIpc) is 2.96. The predicted molar refractivity (Wildman–Crippen MR) is 85.0 cm³/mol. The van der Waals surface area contributed by atoms with E-state index < -0.39 is 0 Å². The van der Waals surface area contributed by atoms with Crippen molar-refractivity contribution in [2.24, 2.45) is 0 Å². The summed E-state index contributed by atoms with van der Waals surface area (Å²) in [6.07, 6.45) is 2.87. The third kappa shape index (κ3) is 2.70. The fourth-order valence-corrected chi connectivity index (χ4v) is 2.44. The normalized spacial score (nSPS) is 10.8. The van der Waals surface area contributed by atoms with Crippen LogP contribution in [0.4, 0.5) is 10.3 Å². The number of hydrogen-bond acceptors (Lipinski definition) is 2. The van der Waals surface area contributed by atoms with E-state index in [4.69, 9.17) is 0 Å². The summed E-state index contributed by atoms with van der Waals surface area (Å²) in [5.74, 6) is 0.0737. The molecule has 0 spiro atoms. The minimum atomic E-state index is -0.254. The molecule has 0 unspecified atom stereocenters. The molecule has 4 nitrogen and oxygen atoms in total. The van der Waals surface area contributed by atoms with Gasteiger partial charge in [0.2, 0.25) is 11.9 Å². The lowest BCUT2D eigenvalue weighted by Crippen LogP contribution is -2.11. The van der Waals surface area contributed by atoms with E-state index in [0.717, 1.165) is 23.1 Å². The Morgan fingerprint density at radius 3 is 2.77 bits per heavy atom. The number of halogens is 1. The van der Waals surface area contributed by atoms with E-state index in [2.05, 4.69) is 15.3 Å². The molecule has 3 rings (SSSR count). The molecule has 1 amide bonds. The zero-order valence-electron chi connectivity index (χ0n) is 12.2. The summed E-state index contributed by atoms with van der Waals surface area (Å²) in [5.41, 5.74) is 1.59. The quantitative estimate of drug-likeness (QED) is 0.761. The maximum atomic E-state index is 13.9. The van der Waals surface area contributed by atoms with Crippen molar-refractivity contribution < 1.29 is 9.18 Å². The number of carbonyl (C=O) groups is 1. The van der Waals surface area contributed by atoms with Crippen molar-refractivity contribution >= 4 is 22.6 Å². The van der Waals surface area contributed by atoms with Gasteiger partial charge in [-0.2, -0.15) is 0 Å². The van der Waals surface area contributed by atoms with E-state index in [1.807, 2.05) is 19.1 Å². The minimum absolute atomic E-state index is 0.0765. The van der Waals surface area contributed by atoms with E-state index in [9.17, 15) is 9.18 Å². The van der Waals surface area contributed by atoms with Crippen molar-refractivity contribution in [1.29, 1.82) is 0 Å². The van der Waals surface area contributed by atoms with Gasteiger partial charge in [0.25, 0.3) is 0 Å². The molecule has 5 heteroatoms. The van der Waals surface area contributed by atoms with Gasteiger partial charge in [-0.25, -0.2) is 9.37 Å². The fraction of sp³-hybridized carbons (Fsp3) is 0.176. The number of rotatable bonds is 4. The average molecular weight is 297 g/mol. The number of anilines is 1. The molecule has 0 saturated carbocycles. The van der Waals surface area contributed by atoms with Gasteiger partial charge in [0.15, 0.2) is 0 Å². The smallest absolute Gasteiger partial charge is 0.226 e. The summed E-state index contributed by atoms with van der Waals surface area (Å²) in [6.45, 7) is 1.94. The van der Waals surface area contributed by atoms with Crippen LogP contribution in [0.3, 0.4) is 0 Å². The zero-order chi connectivity index (χ0) is 15.5. The zero-order valence-corrected chi connectivity index (χ0v) is 12.2. The summed E-state index contributed by atoms with van der Waals surface area (Å²) in [7, 11) is 0. The van der Waals surface area contributed by atoms with Gasteiger partial charge in [-0.15, -0.1) is 0 Å². The van der Waals surface area contributed by atoms with Crippen molar-refractivity contribution in [2.45, 2.75) is 19.8 Å². The highest BCUT2D eigenvalue weighted by Crippen LogP contribution is 2.29. The monoisotopic (exact) mass is 297 g/mol. The molecular weight excluding hydrogens is 281 g/mol. The van der Waals surface area contributed by atoms with Crippen LogP contribution >= 0.6 is 0 Å². The second-order valence-electron chi connectivity index (χ2n) is 5.08. The van der Waals surface area contributed by atoms with Gasteiger partial charge in [0.05, 0.1) is 11.9 Å². The number of H-pyrrole nitrogens is 1. The van der Waals surface area contributed by atoms with Crippen molar-refractivity contribution in [3.63, 3.8) is 0 Å². The number of amides is 1. The summed E-state index contributed by atoms with van der Waals surface area (Å²) in [5, 5.41) is 4.08. The molecule has 0 atom stereocenters. The predicted octanol–water partition coefficient (Wildman–Crippen LogP) is 4.11. The number of aromatic nitrogens is 2. The molecule has 0 aliphatic heterocycles. The number of nitrogens with zero attached hydrogens (tertiary/aromatic N) is 1. The van der Waals surface area contributed by atoms with Crippen LogP contribution in [0, 0.1) is 5.82 Å². The Bertz CT molecular complexity index is 826. The molecule has 0 aliphatic carbocycles. The standard InChI is InChI=1S/C17H16FN3O/c1-2-5-16(22)21-17-19-10-15(20-17)13-8-9-14(18)12-7-4-3-6-11(12)13/h3-4,6-10H,2,5H2,1H3,(H2,19,20,21,22). The number of nitrogens with one attached hydrogen (secondary N) is 2. The molecule has 0 radical (unpaired) electrons. The van der Waals surface area contributed by atoms with E-state index in [0.29, 0.717) is 17.8 Å². The van der Waals surface area contributed by atoms with Gasteiger partial charge in [-0.3, -0.25) is 10.1 Å². The van der Waals surface area contributed by atoms with Gasteiger partial charge >= 0.3 is 0 Å². The van der Waals surface area contributed by atoms with E-state index in [1.54, 1.807) is 24.4 Å². The largest absolute Gasteiger partial charge is 0.324 e. The molecule has 0 fully saturated rings. The molecule has 0 aliphatic rings. The maximum Gasteiger partial charge on any atom is 0.226 e. The molecule has 22 heavy (non-hydrogen) atoms. The molecule has 3 aromatic rings. The molecule has 0 bridgehead atoms. The Morgan fingerprint density at radius 1 is 1.23 bits per heavy atom. The van der Waals surface area contributed by atoms with Gasteiger partial charge in [-0.05, 0) is 23.9 Å². The van der Waals surface area contributed by atoms with Crippen LogP contribution in [0.25, 0.3) is 22.0 Å². The summed E-state index contributed by atoms with van der Waals surface area (Å²) in [6, 6.07) is 10.4.